The van der Waals surface area contributed by atoms with Gasteiger partial charge in [-0.3, -0.25) is 9.59 Å². The molecule has 1 aliphatic heterocycles. The highest BCUT2D eigenvalue weighted by Crippen LogP contribution is 2.26. The average Bonchev–Trinajstić information content (AvgIpc) is 2.71. The lowest BCUT2D eigenvalue weighted by molar-refractivity contribution is -0.150. The van der Waals surface area contributed by atoms with Crippen molar-refractivity contribution in [2.45, 2.75) is 65.3 Å². The van der Waals surface area contributed by atoms with Gasteiger partial charge in [0.2, 0.25) is 5.78 Å². The number of likely N-dealkylation sites (tertiary alicyclic amines) is 1. The highest BCUT2D eigenvalue weighted by atomic mass is 32.1. The van der Waals surface area contributed by atoms with E-state index < -0.39 is 11.3 Å². The normalized spacial score (nSPS) is 17.3. The van der Waals surface area contributed by atoms with E-state index in [1.165, 1.54) is 6.07 Å². The van der Waals surface area contributed by atoms with E-state index in [1.807, 2.05) is 13.0 Å². The van der Waals surface area contributed by atoms with Crippen LogP contribution in [0.2, 0.25) is 0 Å². The summed E-state index contributed by atoms with van der Waals surface area (Å²) in [6, 6.07) is 6.34. The van der Waals surface area contributed by atoms with E-state index in [4.69, 9.17) is 17.0 Å². The number of hydrogen-bond donors (Lipinski definition) is 0. The van der Waals surface area contributed by atoms with Crippen molar-refractivity contribution in [2.75, 3.05) is 13.2 Å². The van der Waals surface area contributed by atoms with E-state index >= 15 is 0 Å². The molecule has 1 amide bonds. The van der Waals surface area contributed by atoms with Gasteiger partial charge in [-0.2, -0.15) is 0 Å². The van der Waals surface area contributed by atoms with E-state index in [1.54, 1.807) is 30.9 Å². The highest BCUT2D eigenvalue weighted by Gasteiger charge is 2.39. The minimum Gasteiger partial charge on any atom is -0.485 e. The predicted octanol–water partition coefficient (Wildman–Crippen LogP) is 4.49. The summed E-state index contributed by atoms with van der Waals surface area (Å²) in [6.07, 6.45) is 4.30. The lowest BCUT2D eigenvalue weighted by Crippen LogP contribution is -2.52. The minimum absolute atomic E-state index is 0.216. The van der Waals surface area contributed by atoms with Gasteiger partial charge in [0, 0.05) is 12.0 Å². The zero-order valence-electron chi connectivity index (χ0n) is 17.0. The van der Waals surface area contributed by atoms with Crippen LogP contribution in [-0.2, 0) is 20.7 Å². The molecule has 1 saturated heterocycles. The third-order valence-electron chi connectivity index (χ3n) is 5.52. The number of halogens is 1. The summed E-state index contributed by atoms with van der Waals surface area (Å²) < 4.78 is 19.4. The summed E-state index contributed by atoms with van der Waals surface area (Å²) in [5.74, 6) is -1.05. The Morgan fingerprint density at radius 1 is 1.29 bits per heavy atom. The fourth-order valence-electron chi connectivity index (χ4n) is 3.23. The maximum Gasteiger partial charge on any atom is 0.291 e. The molecule has 2 rings (SSSR count). The van der Waals surface area contributed by atoms with Gasteiger partial charge in [0.1, 0.15) is 11.9 Å². The number of nitrogens with zero attached hydrogens (tertiary/aromatic N) is 1. The van der Waals surface area contributed by atoms with Crippen LogP contribution in [0.3, 0.4) is 0 Å². The number of amides is 1. The zero-order valence-corrected chi connectivity index (χ0v) is 17.8. The topological polar surface area (TPSA) is 46.6 Å². The maximum atomic E-state index is 13.7. The maximum absolute atomic E-state index is 13.7. The van der Waals surface area contributed by atoms with Gasteiger partial charge in [-0.05, 0) is 62.4 Å². The molecule has 4 nitrogen and oxygen atoms in total. The third-order valence-corrected chi connectivity index (χ3v) is 5.91. The quantitative estimate of drug-likeness (QED) is 0.362. The molecule has 1 heterocycles. The molecule has 0 aliphatic carbocycles. The molecule has 1 fully saturated rings. The Labute approximate surface area is 172 Å². The van der Waals surface area contributed by atoms with E-state index in [0.29, 0.717) is 49.4 Å². The average molecular weight is 408 g/mol. The Morgan fingerprint density at radius 3 is 2.68 bits per heavy atom. The standard InChI is InChI=1S/C22H30FNO3S/c1-4-22(2,3)19(25)20(26)24-14-8-7-13-18(24)21(28)27-15-9-11-16-10-5-6-12-17(16)23/h5-6,10,12,18H,4,7-9,11,13-15H2,1-3H3. The summed E-state index contributed by atoms with van der Waals surface area (Å²) in [4.78, 5) is 27.0. The summed E-state index contributed by atoms with van der Waals surface area (Å²) in [5, 5.41) is 0.351. The first kappa shape index (κ1) is 22.5. The first-order valence-corrected chi connectivity index (χ1v) is 10.4. The number of benzene rings is 1. The number of thiocarbonyl (C=S) groups is 1. The third kappa shape index (κ3) is 5.60. The molecule has 1 unspecified atom stereocenters. The molecule has 0 aromatic heterocycles. The molecule has 1 atom stereocenters. The van der Waals surface area contributed by atoms with Crippen molar-refractivity contribution in [3.05, 3.63) is 35.6 Å². The van der Waals surface area contributed by atoms with Gasteiger partial charge in [0.25, 0.3) is 5.91 Å². The van der Waals surface area contributed by atoms with Crippen LogP contribution in [0.25, 0.3) is 0 Å². The lowest BCUT2D eigenvalue weighted by atomic mass is 9.84. The monoisotopic (exact) mass is 407 g/mol. The number of piperidine rings is 1. The van der Waals surface area contributed by atoms with Crippen LogP contribution < -0.4 is 0 Å². The van der Waals surface area contributed by atoms with Crippen LogP contribution >= 0.6 is 12.2 Å². The van der Waals surface area contributed by atoms with Gasteiger partial charge < -0.3 is 9.64 Å². The highest BCUT2D eigenvalue weighted by molar-refractivity contribution is 7.80. The number of aryl methyl sites for hydroxylation is 1. The Bertz CT molecular complexity index is 719. The number of ether oxygens (including phenoxy) is 1. The number of carbonyl (C=O) groups is 2. The summed E-state index contributed by atoms with van der Waals surface area (Å²) >= 11 is 5.43. The number of ketones is 1. The number of rotatable bonds is 8. The summed E-state index contributed by atoms with van der Waals surface area (Å²) in [6.45, 7) is 6.38. The van der Waals surface area contributed by atoms with Crippen molar-refractivity contribution in [3.8, 4) is 0 Å². The molecule has 0 radical (unpaired) electrons. The lowest BCUT2D eigenvalue weighted by Gasteiger charge is -2.36. The van der Waals surface area contributed by atoms with E-state index in [-0.39, 0.29) is 17.6 Å². The van der Waals surface area contributed by atoms with Crippen LogP contribution in [0.15, 0.2) is 24.3 Å². The molecule has 0 bridgehead atoms. The molecule has 1 aromatic carbocycles. The van der Waals surface area contributed by atoms with Crippen molar-refractivity contribution in [3.63, 3.8) is 0 Å². The zero-order chi connectivity index (χ0) is 20.7. The Hall–Kier alpha value is -1.82. The minimum atomic E-state index is -0.679. The van der Waals surface area contributed by atoms with Crippen LogP contribution in [0, 0.1) is 11.2 Å². The van der Waals surface area contributed by atoms with Crippen molar-refractivity contribution in [1.82, 2.24) is 4.90 Å². The van der Waals surface area contributed by atoms with Crippen molar-refractivity contribution in [2.24, 2.45) is 5.41 Å². The van der Waals surface area contributed by atoms with Crippen molar-refractivity contribution < 1.29 is 18.7 Å². The molecule has 0 spiro atoms. The smallest absolute Gasteiger partial charge is 0.291 e. The first-order valence-electron chi connectivity index (χ1n) is 10.0. The van der Waals surface area contributed by atoms with Crippen molar-refractivity contribution >= 4 is 29.0 Å². The molecular weight excluding hydrogens is 377 g/mol. The summed E-state index contributed by atoms with van der Waals surface area (Å²) in [7, 11) is 0. The molecule has 1 aliphatic rings. The number of Topliss-reactive ketones (excluding diaryl/α,β-unsaturated/α-hetero) is 1. The predicted molar refractivity (Wildman–Crippen MR) is 112 cm³/mol. The molecule has 0 saturated carbocycles. The van der Waals surface area contributed by atoms with Crippen LogP contribution in [0.5, 0.6) is 0 Å². The fourth-order valence-corrected chi connectivity index (χ4v) is 3.56. The molecule has 0 N–H and O–H groups in total. The summed E-state index contributed by atoms with van der Waals surface area (Å²) in [5.41, 5.74) is -0.0275. The van der Waals surface area contributed by atoms with Crippen LogP contribution in [0.1, 0.15) is 58.4 Å². The largest absolute Gasteiger partial charge is 0.485 e. The van der Waals surface area contributed by atoms with E-state index in [2.05, 4.69) is 0 Å². The fraction of sp³-hybridized carbons (Fsp3) is 0.591. The van der Waals surface area contributed by atoms with Gasteiger partial charge in [0.15, 0.2) is 5.05 Å². The second-order valence-corrected chi connectivity index (χ2v) is 8.34. The molecule has 6 heteroatoms. The number of hydrogen-bond acceptors (Lipinski definition) is 4. The van der Waals surface area contributed by atoms with Crippen LogP contribution in [-0.4, -0.2) is 40.8 Å². The molecule has 28 heavy (non-hydrogen) atoms. The van der Waals surface area contributed by atoms with E-state index in [0.717, 1.165) is 12.8 Å². The number of carbonyl (C=O) groups excluding carboxylic acids is 2. The Balaban J connectivity index is 1.91. The molecule has 1 aromatic rings. The Morgan fingerprint density at radius 2 is 2.00 bits per heavy atom. The van der Waals surface area contributed by atoms with Gasteiger partial charge >= 0.3 is 0 Å². The Kier molecular flexibility index (Phi) is 8.10. The SMILES string of the molecule is CCC(C)(C)C(=O)C(=O)N1CCCCC1C(=S)OCCCc1ccccc1F. The van der Waals surface area contributed by atoms with Gasteiger partial charge in [0.05, 0.1) is 6.61 Å². The van der Waals surface area contributed by atoms with Gasteiger partial charge in [-0.1, -0.05) is 39.0 Å². The first-order chi connectivity index (χ1) is 13.3. The second kappa shape index (κ2) is 10.1. The van der Waals surface area contributed by atoms with E-state index in [9.17, 15) is 14.0 Å². The van der Waals surface area contributed by atoms with Crippen molar-refractivity contribution in [1.29, 1.82) is 0 Å². The van der Waals surface area contributed by atoms with Crippen LogP contribution in [0.4, 0.5) is 4.39 Å². The molecular formula is C22H30FNO3S. The van der Waals surface area contributed by atoms with Gasteiger partial charge in [-0.15, -0.1) is 0 Å². The van der Waals surface area contributed by atoms with Gasteiger partial charge in [-0.25, -0.2) is 4.39 Å². The molecule has 154 valence electrons. The second-order valence-electron chi connectivity index (χ2n) is 7.94.